The molecule has 0 fully saturated rings. The fourth-order valence-corrected chi connectivity index (χ4v) is 2.54. The van der Waals surface area contributed by atoms with Crippen LogP contribution in [0.25, 0.3) is 11.3 Å². The number of anilines is 3. The predicted octanol–water partition coefficient (Wildman–Crippen LogP) is 5.60. The van der Waals surface area contributed by atoms with Crippen molar-refractivity contribution in [3.63, 3.8) is 0 Å². The molecule has 0 unspecified atom stereocenters. The third kappa shape index (κ3) is 4.05. The van der Waals surface area contributed by atoms with Gasteiger partial charge in [0.05, 0.1) is 22.0 Å². The van der Waals surface area contributed by atoms with Crippen LogP contribution in [0.3, 0.4) is 0 Å². The summed E-state index contributed by atoms with van der Waals surface area (Å²) in [5.41, 5.74) is 1.06. The minimum absolute atomic E-state index is 0.0503. The van der Waals surface area contributed by atoms with Gasteiger partial charge in [-0.25, -0.2) is 4.98 Å². The van der Waals surface area contributed by atoms with E-state index >= 15 is 0 Å². The van der Waals surface area contributed by atoms with Crippen molar-refractivity contribution in [1.29, 1.82) is 0 Å². The number of halogens is 4. The van der Waals surface area contributed by atoms with E-state index in [0.29, 0.717) is 23.1 Å². The first kappa shape index (κ1) is 18.0. The van der Waals surface area contributed by atoms with E-state index in [1.165, 1.54) is 6.07 Å². The van der Waals surface area contributed by atoms with Gasteiger partial charge in [-0.1, -0.05) is 41.9 Å². The highest BCUT2D eigenvalue weighted by molar-refractivity contribution is 6.33. The lowest BCUT2D eigenvalue weighted by Crippen LogP contribution is -2.06. The number of rotatable bonds is 4. The highest BCUT2D eigenvalue weighted by Gasteiger charge is 2.30. The molecular formula is C18H14ClF3N4. The largest absolute Gasteiger partial charge is 0.416 e. The van der Waals surface area contributed by atoms with Crippen LogP contribution in [0.15, 0.2) is 54.6 Å². The molecule has 8 heteroatoms. The van der Waals surface area contributed by atoms with Crippen LogP contribution in [0.2, 0.25) is 5.02 Å². The SMILES string of the molecule is CNc1nc(Nc2ccc(C(F)(F)F)cc2Cl)cc(-c2ccccc2)n1. The second-order valence-electron chi connectivity index (χ2n) is 5.40. The Hall–Kier alpha value is -2.80. The van der Waals surface area contributed by atoms with Gasteiger partial charge in [0, 0.05) is 18.7 Å². The van der Waals surface area contributed by atoms with Gasteiger partial charge < -0.3 is 10.6 Å². The third-order valence-electron chi connectivity index (χ3n) is 3.58. The standard InChI is InChI=1S/C18H14ClF3N4/c1-23-17-25-15(11-5-3-2-4-6-11)10-16(26-17)24-14-8-7-12(9-13(14)19)18(20,21)22/h2-10H,1H3,(H2,23,24,25,26). The summed E-state index contributed by atoms with van der Waals surface area (Å²) in [5.74, 6) is 0.779. The van der Waals surface area contributed by atoms with Gasteiger partial charge in [0.2, 0.25) is 5.95 Å². The Kier molecular flexibility index (Phi) is 4.99. The van der Waals surface area contributed by atoms with Crippen molar-refractivity contribution in [1.82, 2.24) is 9.97 Å². The van der Waals surface area contributed by atoms with Crippen molar-refractivity contribution >= 4 is 29.1 Å². The zero-order chi connectivity index (χ0) is 18.7. The van der Waals surface area contributed by atoms with E-state index in [1.807, 2.05) is 30.3 Å². The van der Waals surface area contributed by atoms with Crippen molar-refractivity contribution in [3.8, 4) is 11.3 Å². The van der Waals surface area contributed by atoms with E-state index in [4.69, 9.17) is 11.6 Å². The molecule has 0 aliphatic carbocycles. The molecule has 1 aromatic heterocycles. The van der Waals surface area contributed by atoms with Crippen LogP contribution in [0.4, 0.5) is 30.6 Å². The van der Waals surface area contributed by atoms with Gasteiger partial charge in [-0.3, -0.25) is 0 Å². The highest BCUT2D eigenvalue weighted by Crippen LogP contribution is 2.35. The van der Waals surface area contributed by atoms with Crippen molar-refractivity contribution in [2.24, 2.45) is 0 Å². The van der Waals surface area contributed by atoms with Gasteiger partial charge >= 0.3 is 6.18 Å². The van der Waals surface area contributed by atoms with Gasteiger partial charge in [-0.15, -0.1) is 0 Å². The molecule has 2 aromatic carbocycles. The minimum atomic E-state index is -4.45. The second kappa shape index (κ2) is 7.21. The number of nitrogens with one attached hydrogen (secondary N) is 2. The monoisotopic (exact) mass is 378 g/mol. The number of hydrogen-bond acceptors (Lipinski definition) is 4. The van der Waals surface area contributed by atoms with E-state index in [2.05, 4.69) is 20.6 Å². The fraction of sp³-hybridized carbons (Fsp3) is 0.111. The first-order chi connectivity index (χ1) is 12.4. The average Bonchev–Trinajstić information content (AvgIpc) is 2.63. The Labute approximate surface area is 153 Å². The van der Waals surface area contributed by atoms with Crippen molar-refractivity contribution in [2.75, 3.05) is 17.7 Å². The van der Waals surface area contributed by atoms with Crippen LogP contribution in [0, 0.1) is 0 Å². The van der Waals surface area contributed by atoms with Gasteiger partial charge in [0.15, 0.2) is 0 Å². The van der Waals surface area contributed by atoms with E-state index < -0.39 is 11.7 Å². The van der Waals surface area contributed by atoms with Crippen molar-refractivity contribution in [2.45, 2.75) is 6.18 Å². The fourth-order valence-electron chi connectivity index (χ4n) is 2.31. The van der Waals surface area contributed by atoms with Gasteiger partial charge in [-0.2, -0.15) is 18.2 Å². The summed E-state index contributed by atoms with van der Waals surface area (Å²) in [7, 11) is 1.68. The van der Waals surface area contributed by atoms with E-state index in [9.17, 15) is 13.2 Å². The quantitative estimate of drug-likeness (QED) is 0.620. The molecule has 0 saturated carbocycles. The second-order valence-corrected chi connectivity index (χ2v) is 5.80. The summed E-state index contributed by atoms with van der Waals surface area (Å²) >= 11 is 5.99. The summed E-state index contributed by atoms with van der Waals surface area (Å²) in [5, 5.41) is 5.76. The molecular weight excluding hydrogens is 365 g/mol. The average molecular weight is 379 g/mol. The molecule has 0 aliphatic heterocycles. The Morgan fingerprint density at radius 3 is 2.31 bits per heavy atom. The van der Waals surface area contributed by atoms with Gasteiger partial charge in [-0.05, 0) is 18.2 Å². The van der Waals surface area contributed by atoms with Crippen LogP contribution in [0.5, 0.6) is 0 Å². The molecule has 3 aromatic rings. The third-order valence-corrected chi connectivity index (χ3v) is 3.89. The maximum Gasteiger partial charge on any atom is 0.416 e. The number of aromatic nitrogens is 2. The van der Waals surface area contributed by atoms with Crippen LogP contribution in [-0.4, -0.2) is 17.0 Å². The number of benzene rings is 2. The number of alkyl halides is 3. The maximum absolute atomic E-state index is 12.8. The van der Waals surface area contributed by atoms with Crippen LogP contribution < -0.4 is 10.6 Å². The van der Waals surface area contributed by atoms with Crippen molar-refractivity contribution in [3.05, 3.63) is 65.2 Å². The van der Waals surface area contributed by atoms with Gasteiger partial charge in [0.25, 0.3) is 0 Å². The molecule has 0 saturated heterocycles. The molecule has 0 radical (unpaired) electrons. The van der Waals surface area contributed by atoms with Crippen LogP contribution in [0.1, 0.15) is 5.56 Å². The zero-order valence-electron chi connectivity index (χ0n) is 13.6. The molecule has 3 rings (SSSR count). The van der Waals surface area contributed by atoms with E-state index in [0.717, 1.165) is 17.7 Å². The van der Waals surface area contributed by atoms with E-state index in [1.54, 1.807) is 13.1 Å². The molecule has 0 bridgehead atoms. The minimum Gasteiger partial charge on any atom is -0.357 e. The molecule has 134 valence electrons. The normalized spacial score (nSPS) is 11.3. The maximum atomic E-state index is 12.8. The highest BCUT2D eigenvalue weighted by atomic mass is 35.5. The van der Waals surface area contributed by atoms with Crippen molar-refractivity contribution < 1.29 is 13.2 Å². The summed E-state index contributed by atoms with van der Waals surface area (Å²) in [4.78, 5) is 8.66. The topological polar surface area (TPSA) is 49.8 Å². The Morgan fingerprint density at radius 1 is 0.962 bits per heavy atom. The molecule has 26 heavy (non-hydrogen) atoms. The molecule has 1 heterocycles. The number of nitrogens with zero attached hydrogens (tertiary/aromatic N) is 2. The molecule has 0 aliphatic rings. The molecule has 0 atom stereocenters. The summed E-state index contributed by atoms with van der Waals surface area (Å²) < 4.78 is 38.3. The number of hydrogen-bond donors (Lipinski definition) is 2. The zero-order valence-corrected chi connectivity index (χ0v) is 14.4. The first-order valence-electron chi connectivity index (χ1n) is 7.63. The van der Waals surface area contributed by atoms with Gasteiger partial charge in [0.1, 0.15) is 5.82 Å². The predicted molar refractivity (Wildman–Crippen MR) is 96.8 cm³/mol. The lowest BCUT2D eigenvalue weighted by atomic mass is 10.1. The molecule has 0 amide bonds. The lowest BCUT2D eigenvalue weighted by Gasteiger charge is -2.13. The molecule has 4 nitrogen and oxygen atoms in total. The lowest BCUT2D eigenvalue weighted by molar-refractivity contribution is -0.137. The smallest absolute Gasteiger partial charge is 0.357 e. The van der Waals surface area contributed by atoms with Crippen LogP contribution >= 0.6 is 11.6 Å². The molecule has 2 N–H and O–H groups in total. The summed E-state index contributed by atoms with van der Waals surface area (Å²) in [6.07, 6.45) is -4.45. The molecule has 0 spiro atoms. The Balaban J connectivity index is 1.95. The Morgan fingerprint density at radius 2 is 1.69 bits per heavy atom. The summed E-state index contributed by atoms with van der Waals surface area (Å²) in [6.45, 7) is 0. The Bertz CT molecular complexity index is 914. The van der Waals surface area contributed by atoms with E-state index in [-0.39, 0.29) is 5.02 Å². The van der Waals surface area contributed by atoms with Crippen LogP contribution in [-0.2, 0) is 6.18 Å². The summed E-state index contributed by atoms with van der Waals surface area (Å²) in [6, 6.07) is 14.3. The first-order valence-corrected chi connectivity index (χ1v) is 8.00.